The van der Waals surface area contributed by atoms with E-state index in [9.17, 15) is 9.90 Å². The van der Waals surface area contributed by atoms with E-state index < -0.39 is 0 Å². The number of phenols is 1. The molecule has 3 nitrogen and oxygen atoms in total. The number of allylic oxidation sites excluding steroid dienone is 4. The summed E-state index contributed by atoms with van der Waals surface area (Å²) in [6.45, 7) is 4.66. The number of benzene rings is 1. The zero-order valence-electron chi connectivity index (χ0n) is 24.8. The molecule has 1 aromatic carbocycles. The largest absolute Gasteiger partial charge is 0.508 e. The summed E-state index contributed by atoms with van der Waals surface area (Å²) in [5.74, 6) is 2.36. The summed E-state index contributed by atoms with van der Waals surface area (Å²) in [7, 11) is 0. The number of aromatic hydroxyl groups is 1. The second-order valence-corrected chi connectivity index (χ2v) is 12.9. The molecular formula is C36H54O3. The van der Waals surface area contributed by atoms with Crippen molar-refractivity contribution in [2.75, 3.05) is 0 Å². The van der Waals surface area contributed by atoms with Gasteiger partial charge < -0.3 is 9.84 Å². The number of fused-ring (bicyclic) bond motifs is 5. The van der Waals surface area contributed by atoms with E-state index in [1.807, 2.05) is 12.1 Å². The number of aryl methyl sites for hydroxylation is 1. The summed E-state index contributed by atoms with van der Waals surface area (Å²) >= 11 is 0. The summed E-state index contributed by atoms with van der Waals surface area (Å²) in [5, 5.41) is 9.92. The van der Waals surface area contributed by atoms with Crippen molar-refractivity contribution >= 4 is 5.97 Å². The minimum atomic E-state index is 0.0270. The molecule has 4 rings (SSSR count). The smallest absolute Gasteiger partial charge is 0.306 e. The molecule has 0 aliphatic heterocycles. The first kappa shape index (κ1) is 29.9. The second kappa shape index (κ2) is 15.1. The maximum atomic E-state index is 12.8. The number of rotatable bonds is 15. The van der Waals surface area contributed by atoms with Gasteiger partial charge in [0.1, 0.15) is 11.9 Å². The normalized spacial score (nSPS) is 27.9. The molecule has 0 aromatic heterocycles. The topological polar surface area (TPSA) is 46.5 Å². The molecule has 2 saturated carbocycles. The van der Waals surface area contributed by atoms with Crippen molar-refractivity contribution < 1.29 is 14.6 Å². The minimum absolute atomic E-state index is 0.0270. The summed E-state index contributed by atoms with van der Waals surface area (Å²) in [5.41, 5.74) is 2.94. The number of hydrogen-bond acceptors (Lipinski definition) is 3. The fourth-order valence-electron chi connectivity index (χ4n) is 8.01. The van der Waals surface area contributed by atoms with Crippen LogP contribution in [-0.2, 0) is 16.0 Å². The Hall–Kier alpha value is -2.03. The number of esters is 1. The van der Waals surface area contributed by atoms with E-state index in [4.69, 9.17) is 4.74 Å². The van der Waals surface area contributed by atoms with Gasteiger partial charge in [-0.2, -0.15) is 0 Å². The fraction of sp³-hybridized carbons (Fsp3) is 0.694. The first-order valence-electron chi connectivity index (χ1n) is 16.3. The monoisotopic (exact) mass is 534 g/mol. The molecule has 0 radical (unpaired) electrons. The van der Waals surface area contributed by atoms with E-state index in [1.54, 1.807) is 0 Å². The van der Waals surface area contributed by atoms with Gasteiger partial charge in [-0.05, 0) is 118 Å². The molecule has 0 amide bonds. The van der Waals surface area contributed by atoms with Gasteiger partial charge in [-0.15, -0.1) is 0 Å². The predicted octanol–water partition coefficient (Wildman–Crippen LogP) is 9.97. The molecule has 3 aliphatic rings. The van der Waals surface area contributed by atoms with Crippen LogP contribution in [0.1, 0.15) is 140 Å². The molecule has 1 N–H and O–H groups in total. The molecule has 1 aromatic rings. The highest BCUT2D eigenvalue weighted by atomic mass is 16.5. The van der Waals surface area contributed by atoms with Crippen LogP contribution in [0.5, 0.6) is 5.75 Å². The Morgan fingerprint density at radius 1 is 0.949 bits per heavy atom. The van der Waals surface area contributed by atoms with Crippen LogP contribution in [0.25, 0.3) is 0 Å². The summed E-state index contributed by atoms with van der Waals surface area (Å²) in [4.78, 5) is 12.8. The van der Waals surface area contributed by atoms with Crippen LogP contribution in [-0.4, -0.2) is 17.2 Å². The van der Waals surface area contributed by atoms with Crippen molar-refractivity contribution in [1.82, 2.24) is 0 Å². The van der Waals surface area contributed by atoms with Gasteiger partial charge in [-0.25, -0.2) is 0 Å². The molecule has 5 atom stereocenters. The van der Waals surface area contributed by atoms with Crippen LogP contribution >= 0.6 is 0 Å². The van der Waals surface area contributed by atoms with E-state index in [2.05, 4.69) is 44.2 Å². The van der Waals surface area contributed by atoms with Crippen molar-refractivity contribution in [3.8, 4) is 5.75 Å². The summed E-state index contributed by atoms with van der Waals surface area (Å²) in [6.07, 6.45) is 29.9. The van der Waals surface area contributed by atoms with E-state index in [-0.39, 0.29) is 17.5 Å². The molecule has 3 aliphatic carbocycles. The molecule has 0 spiro atoms. The summed E-state index contributed by atoms with van der Waals surface area (Å²) < 4.78 is 6.18. The van der Waals surface area contributed by atoms with Crippen molar-refractivity contribution in [1.29, 1.82) is 0 Å². The Kier molecular flexibility index (Phi) is 11.6. The molecule has 2 fully saturated rings. The van der Waals surface area contributed by atoms with Crippen LogP contribution in [0, 0.1) is 17.3 Å². The Morgan fingerprint density at radius 3 is 2.49 bits per heavy atom. The summed E-state index contributed by atoms with van der Waals surface area (Å²) in [6, 6.07) is 6.01. The Bertz CT molecular complexity index is 962. The molecule has 39 heavy (non-hydrogen) atoms. The van der Waals surface area contributed by atoms with Crippen LogP contribution in [0.2, 0.25) is 0 Å². The number of hydrogen-bond donors (Lipinski definition) is 1. The Morgan fingerprint density at radius 2 is 1.69 bits per heavy atom. The number of carbonyl (C=O) groups excluding carboxylic acids is 1. The molecule has 216 valence electrons. The molecule has 3 heteroatoms. The van der Waals surface area contributed by atoms with Crippen LogP contribution in [0.15, 0.2) is 42.5 Å². The van der Waals surface area contributed by atoms with E-state index in [1.165, 1.54) is 81.8 Å². The van der Waals surface area contributed by atoms with Gasteiger partial charge in [-0.1, -0.05) is 76.3 Å². The van der Waals surface area contributed by atoms with E-state index in [0.29, 0.717) is 29.9 Å². The maximum Gasteiger partial charge on any atom is 0.306 e. The lowest BCUT2D eigenvalue weighted by Gasteiger charge is -2.50. The highest BCUT2D eigenvalue weighted by molar-refractivity contribution is 5.69. The van der Waals surface area contributed by atoms with Gasteiger partial charge in [0.05, 0.1) is 0 Å². The average molecular weight is 535 g/mol. The third-order valence-corrected chi connectivity index (χ3v) is 10.2. The Balaban J connectivity index is 1.09. The fourth-order valence-corrected chi connectivity index (χ4v) is 8.01. The lowest BCUT2D eigenvalue weighted by Crippen LogP contribution is -2.45. The lowest BCUT2D eigenvalue weighted by molar-refractivity contribution is -0.157. The van der Waals surface area contributed by atoms with Gasteiger partial charge in [0.2, 0.25) is 0 Å². The zero-order chi connectivity index (χ0) is 27.5. The molecule has 0 heterocycles. The second-order valence-electron chi connectivity index (χ2n) is 12.9. The van der Waals surface area contributed by atoms with E-state index >= 15 is 0 Å². The SMILES string of the molecule is CCCCC/C=C\C/C=C\CCCCCCCC(=O)O[C@H]1CC[C@H]2[C@@H]3CCc4cc(O)ccc4[C@H]3CC[C@]12C. The predicted molar refractivity (Wildman–Crippen MR) is 162 cm³/mol. The standard InChI is InChI=1S/C36H54O3/c1-3-4-5-6-7-8-9-10-11-12-13-14-15-16-17-18-35(38)39-34-24-23-33-32-21-19-28-27-29(37)20-22-30(28)31(32)25-26-36(33,34)2/h7-8,10-11,20,22,27,31-34,37H,3-6,9,12-19,21,23-26H2,1-2H3/b8-7-,11-10-/t31-,32-,33+,34+,36+/m1/s1. The Labute approximate surface area is 238 Å². The molecule has 0 unspecified atom stereocenters. The third kappa shape index (κ3) is 8.01. The maximum absolute atomic E-state index is 12.8. The van der Waals surface area contributed by atoms with Crippen molar-refractivity contribution in [3.63, 3.8) is 0 Å². The number of carbonyl (C=O) groups is 1. The zero-order valence-corrected chi connectivity index (χ0v) is 24.8. The van der Waals surface area contributed by atoms with Gasteiger partial charge in [0.15, 0.2) is 0 Å². The number of unbranched alkanes of at least 4 members (excludes halogenated alkanes) is 8. The highest BCUT2D eigenvalue weighted by Crippen LogP contribution is 2.61. The minimum Gasteiger partial charge on any atom is -0.508 e. The molecule has 0 bridgehead atoms. The first-order valence-corrected chi connectivity index (χ1v) is 16.3. The number of phenolic OH excluding ortho intramolecular Hbond substituents is 1. The van der Waals surface area contributed by atoms with Crippen molar-refractivity contribution in [2.45, 2.75) is 141 Å². The highest BCUT2D eigenvalue weighted by Gasteiger charge is 2.56. The van der Waals surface area contributed by atoms with Gasteiger partial charge in [-0.3, -0.25) is 4.79 Å². The van der Waals surface area contributed by atoms with Crippen LogP contribution < -0.4 is 0 Å². The van der Waals surface area contributed by atoms with Crippen molar-refractivity contribution in [3.05, 3.63) is 53.6 Å². The lowest BCUT2D eigenvalue weighted by atomic mass is 9.55. The van der Waals surface area contributed by atoms with Crippen molar-refractivity contribution in [2.24, 2.45) is 17.3 Å². The van der Waals surface area contributed by atoms with Crippen LogP contribution in [0.3, 0.4) is 0 Å². The third-order valence-electron chi connectivity index (χ3n) is 10.2. The van der Waals surface area contributed by atoms with Crippen LogP contribution in [0.4, 0.5) is 0 Å². The molecular weight excluding hydrogens is 480 g/mol. The van der Waals surface area contributed by atoms with E-state index in [0.717, 1.165) is 38.5 Å². The molecule has 0 saturated heterocycles. The van der Waals surface area contributed by atoms with Gasteiger partial charge in [0.25, 0.3) is 0 Å². The number of ether oxygens (including phenoxy) is 1. The van der Waals surface area contributed by atoms with Gasteiger partial charge >= 0.3 is 5.97 Å². The van der Waals surface area contributed by atoms with Gasteiger partial charge in [0, 0.05) is 11.8 Å². The quantitative estimate of drug-likeness (QED) is 0.138. The average Bonchev–Trinajstić information content (AvgIpc) is 3.26. The first-order chi connectivity index (χ1) is 19.0.